The Hall–Kier alpha value is -4.05. The monoisotopic (exact) mass is 484 g/mol. The van der Waals surface area contributed by atoms with Gasteiger partial charge in [0.1, 0.15) is 4.90 Å². The van der Waals surface area contributed by atoms with E-state index in [1.807, 2.05) is 6.92 Å². The molecular weight excluding hydrogens is 460 g/mol. The van der Waals surface area contributed by atoms with Crippen molar-refractivity contribution in [3.05, 3.63) is 77.9 Å². The minimum Gasteiger partial charge on any atom is -0.493 e. The van der Waals surface area contributed by atoms with Gasteiger partial charge in [0.2, 0.25) is 0 Å². The Morgan fingerprint density at radius 3 is 2.26 bits per heavy atom. The molecule has 0 aliphatic heterocycles. The predicted octanol–water partition coefficient (Wildman–Crippen LogP) is 3.63. The number of benzene rings is 3. The Kier molecular flexibility index (Phi) is 8.10. The fourth-order valence-electron chi connectivity index (χ4n) is 2.90. The lowest BCUT2D eigenvalue weighted by Crippen LogP contribution is -2.17. The van der Waals surface area contributed by atoms with Crippen LogP contribution in [0.5, 0.6) is 23.0 Å². The molecule has 10 heteroatoms. The van der Waals surface area contributed by atoms with Gasteiger partial charge in [-0.15, -0.1) is 0 Å². The van der Waals surface area contributed by atoms with Crippen molar-refractivity contribution in [1.29, 1.82) is 0 Å². The van der Waals surface area contributed by atoms with Crippen LogP contribution in [0, 0.1) is 0 Å². The van der Waals surface area contributed by atoms with Crippen LogP contribution in [0.4, 0.5) is 0 Å². The van der Waals surface area contributed by atoms with Crippen molar-refractivity contribution in [2.24, 2.45) is 5.10 Å². The summed E-state index contributed by atoms with van der Waals surface area (Å²) in [5, 5.41) is 3.95. The first-order valence-electron chi connectivity index (χ1n) is 10.2. The number of rotatable bonds is 10. The second-order valence-electron chi connectivity index (χ2n) is 6.76. The minimum atomic E-state index is -4.02. The van der Waals surface area contributed by atoms with Crippen LogP contribution >= 0.6 is 0 Å². The molecule has 0 fully saturated rings. The van der Waals surface area contributed by atoms with E-state index in [0.717, 1.165) is 0 Å². The Morgan fingerprint density at radius 2 is 1.59 bits per heavy atom. The highest BCUT2D eigenvalue weighted by atomic mass is 32.2. The summed E-state index contributed by atoms with van der Waals surface area (Å²) in [6, 6.07) is 17.1. The maximum atomic E-state index is 12.5. The highest BCUT2D eigenvalue weighted by Crippen LogP contribution is 2.30. The van der Waals surface area contributed by atoms with Gasteiger partial charge in [-0.25, -0.2) is 5.43 Å². The fourth-order valence-corrected chi connectivity index (χ4v) is 3.86. The summed E-state index contributed by atoms with van der Waals surface area (Å²) in [6.45, 7) is 2.32. The third-order valence-corrected chi connectivity index (χ3v) is 5.77. The van der Waals surface area contributed by atoms with Crippen molar-refractivity contribution in [3.63, 3.8) is 0 Å². The first kappa shape index (κ1) is 24.6. The van der Waals surface area contributed by atoms with Gasteiger partial charge in [-0.2, -0.15) is 13.5 Å². The Bertz CT molecular complexity index is 1280. The van der Waals surface area contributed by atoms with Crippen LogP contribution in [0.1, 0.15) is 22.8 Å². The maximum absolute atomic E-state index is 12.5. The molecule has 1 amide bonds. The van der Waals surface area contributed by atoms with Gasteiger partial charge in [0.15, 0.2) is 23.0 Å². The molecule has 3 rings (SSSR count). The molecule has 0 radical (unpaired) electrons. The van der Waals surface area contributed by atoms with E-state index in [1.165, 1.54) is 44.7 Å². The SMILES string of the molecule is CCOc1ccc(C(=O)N/N=C/c2ccc(OS(=O)(=O)c3ccccc3)c(OC)c2)cc1OC. The summed E-state index contributed by atoms with van der Waals surface area (Å²) in [4.78, 5) is 12.4. The van der Waals surface area contributed by atoms with E-state index in [9.17, 15) is 13.2 Å². The van der Waals surface area contributed by atoms with Crippen molar-refractivity contribution in [1.82, 2.24) is 5.43 Å². The number of amides is 1. The average Bonchev–Trinajstić information content (AvgIpc) is 2.85. The Labute approximate surface area is 198 Å². The number of hydrogen-bond donors (Lipinski definition) is 1. The van der Waals surface area contributed by atoms with Gasteiger partial charge in [0.05, 0.1) is 27.0 Å². The Balaban J connectivity index is 1.70. The molecule has 178 valence electrons. The Morgan fingerprint density at radius 1 is 0.912 bits per heavy atom. The molecule has 9 nitrogen and oxygen atoms in total. The van der Waals surface area contributed by atoms with Crippen molar-refractivity contribution >= 4 is 22.2 Å². The maximum Gasteiger partial charge on any atom is 0.339 e. The fraction of sp³-hybridized carbons (Fsp3) is 0.167. The molecule has 0 spiro atoms. The lowest BCUT2D eigenvalue weighted by atomic mass is 10.2. The largest absolute Gasteiger partial charge is 0.493 e. The smallest absolute Gasteiger partial charge is 0.339 e. The molecule has 3 aromatic rings. The van der Waals surface area contributed by atoms with Gasteiger partial charge in [-0.3, -0.25) is 4.79 Å². The average molecular weight is 485 g/mol. The van der Waals surface area contributed by atoms with Crippen LogP contribution in [-0.4, -0.2) is 41.4 Å². The quantitative estimate of drug-likeness (QED) is 0.266. The van der Waals surface area contributed by atoms with E-state index in [1.54, 1.807) is 42.5 Å². The molecule has 1 N–H and O–H groups in total. The van der Waals surface area contributed by atoms with Crippen molar-refractivity contribution in [2.75, 3.05) is 20.8 Å². The molecule has 3 aromatic carbocycles. The van der Waals surface area contributed by atoms with E-state index < -0.39 is 16.0 Å². The van der Waals surface area contributed by atoms with Crippen LogP contribution in [0.25, 0.3) is 0 Å². The number of nitrogens with zero attached hydrogens (tertiary/aromatic N) is 1. The number of hydrazone groups is 1. The zero-order valence-corrected chi connectivity index (χ0v) is 19.7. The normalized spacial score (nSPS) is 11.1. The number of ether oxygens (including phenoxy) is 3. The van der Waals surface area contributed by atoms with Crippen molar-refractivity contribution in [3.8, 4) is 23.0 Å². The van der Waals surface area contributed by atoms with Crippen LogP contribution in [0.15, 0.2) is 76.7 Å². The zero-order chi connectivity index (χ0) is 24.6. The van der Waals surface area contributed by atoms with Gasteiger partial charge >= 0.3 is 10.1 Å². The van der Waals surface area contributed by atoms with Crippen LogP contribution < -0.4 is 23.8 Å². The standard InChI is InChI=1S/C24H24N2O7S/c1-4-32-20-13-11-18(15-23(20)31-3)24(27)26-25-16-17-10-12-21(22(14-17)30-2)33-34(28,29)19-8-6-5-7-9-19/h5-16H,4H2,1-3H3,(H,26,27)/b25-16+. The van der Waals surface area contributed by atoms with E-state index in [4.69, 9.17) is 18.4 Å². The molecule has 0 saturated carbocycles. The molecule has 0 unspecified atom stereocenters. The third kappa shape index (κ3) is 6.04. The number of methoxy groups -OCH3 is 2. The molecule has 0 aliphatic rings. The van der Waals surface area contributed by atoms with Crippen molar-refractivity contribution in [2.45, 2.75) is 11.8 Å². The van der Waals surface area contributed by atoms with Crippen LogP contribution in [0.2, 0.25) is 0 Å². The summed E-state index contributed by atoms with van der Waals surface area (Å²) in [5.41, 5.74) is 3.31. The lowest BCUT2D eigenvalue weighted by molar-refractivity contribution is 0.0954. The summed E-state index contributed by atoms with van der Waals surface area (Å²) < 4.78 is 46.1. The molecule has 0 saturated heterocycles. The van der Waals surface area contributed by atoms with E-state index in [-0.39, 0.29) is 16.4 Å². The van der Waals surface area contributed by atoms with E-state index >= 15 is 0 Å². The molecular formula is C24H24N2O7S. The van der Waals surface area contributed by atoms with Gasteiger partial charge in [-0.05, 0) is 61.0 Å². The second-order valence-corrected chi connectivity index (χ2v) is 8.30. The van der Waals surface area contributed by atoms with E-state index in [0.29, 0.717) is 29.2 Å². The van der Waals surface area contributed by atoms with Crippen molar-refractivity contribution < 1.29 is 31.6 Å². The minimum absolute atomic E-state index is 0.0222. The highest BCUT2D eigenvalue weighted by molar-refractivity contribution is 7.87. The molecule has 0 heterocycles. The topological polar surface area (TPSA) is 113 Å². The molecule has 0 atom stereocenters. The molecule has 0 aromatic heterocycles. The van der Waals surface area contributed by atoms with Gasteiger partial charge in [0, 0.05) is 5.56 Å². The predicted molar refractivity (Wildman–Crippen MR) is 126 cm³/mol. The van der Waals surface area contributed by atoms with Gasteiger partial charge in [-0.1, -0.05) is 18.2 Å². The lowest BCUT2D eigenvalue weighted by Gasteiger charge is -2.11. The second kappa shape index (κ2) is 11.2. The highest BCUT2D eigenvalue weighted by Gasteiger charge is 2.19. The van der Waals surface area contributed by atoms with Gasteiger partial charge < -0.3 is 18.4 Å². The number of carbonyl (C=O) groups excluding carboxylic acids is 1. The zero-order valence-electron chi connectivity index (χ0n) is 18.8. The van der Waals surface area contributed by atoms with Gasteiger partial charge in [0.25, 0.3) is 5.91 Å². The van der Waals surface area contributed by atoms with Crippen LogP contribution in [-0.2, 0) is 10.1 Å². The molecule has 0 aliphatic carbocycles. The van der Waals surface area contributed by atoms with Crippen LogP contribution in [0.3, 0.4) is 0 Å². The molecule has 0 bridgehead atoms. The number of nitrogens with one attached hydrogen (secondary N) is 1. The number of carbonyl (C=O) groups is 1. The first-order chi connectivity index (χ1) is 16.4. The number of hydrogen-bond acceptors (Lipinski definition) is 8. The molecule has 34 heavy (non-hydrogen) atoms. The van der Waals surface area contributed by atoms with E-state index in [2.05, 4.69) is 10.5 Å². The third-order valence-electron chi connectivity index (χ3n) is 4.52. The summed E-state index contributed by atoms with van der Waals surface area (Å²) in [5.74, 6) is 0.733. The summed E-state index contributed by atoms with van der Waals surface area (Å²) >= 11 is 0. The first-order valence-corrected chi connectivity index (χ1v) is 11.6. The summed E-state index contributed by atoms with van der Waals surface area (Å²) in [7, 11) is -1.14. The summed E-state index contributed by atoms with van der Waals surface area (Å²) in [6.07, 6.45) is 1.39.